The van der Waals surface area contributed by atoms with E-state index in [1.807, 2.05) is 25.1 Å². The maximum Gasteiger partial charge on any atom is 0.335 e. The van der Waals surface area contributed by atoms with Crippen molar-refractivity contribution in [1.82, 2.24) is 0 Å². The van der Waals surface area contributed by atoms with Gasteiger partial charge in [0.2, 0.25) is 0 Å². The van der Waals surface area contributed by atoms with E-state index in [0.717, 1.165) is 5.56 Å². The predicted octanol–water partition coefficient (Wildman–Crippen LogP) is 4.78. The normalized spacial score (nSPS) is 11.2. The first-order chi connectivity index (χ1) is 9.77. The highest BCUT2D eigenvalue weighted by Crippen LogP contribution is 2.30. The van der Waals surface area contributed by atoms with Crippen LogP contribution in [0.5, 0.6) is 11.5 Å². The molecule has 0 amide bonds. The average molecular weight is 284 g/mol. The summed E-state index contributed by atoms with van der Waals surface area (Å²) in [6, 6.07) is 12.8. The van der Waals surface area contributed by atoms with Crippen LogP contribution in [0.1, 0.15) is 42.3 Å². The SMILES string of the molecule is Cc1ccc(C(=O)O)cc1Oc1cccc(C(C)(C)C)c1. The van der Waals surface area contributed by atoms with Crippen LogP contribution in [0.15, 0.2) is 42.5 Å². The van der Waals surface area contributed by atoms with Crippen LogP contribution < -0.4 is 4.74 Å². The Morgan fingerprint density at radius 1 is 1.10 bits per heavy atom. The van der Waals surface area contributed by atoms with Crippen molar-refractivity contribution in [3.8, 4) is 11.5 Å². The number of rotatable bonds is 3. The van der Waals surface area contributed by atoms with E-state index in [4.69, 9.17) is 9.84 Å². The summed E-state index contributed by atoms with van der Waals surface area (Å²) in [5.41, 5.74) is 2.34. The number of carboxylic acids is 1. The van der Waals surface area contributed by atoms with Crippen molar-refractivity contribution in [2.45, 2.75) is 33.1 Å². The fourth-order valence-corrected chi connectivity index (χ4v) is 2.00. The molecule has 2 rings (SSSR count). The second kappa shape index (κ2) is 5.60. The summed E-state index contributed by atoms with van der Waals surface area (Å²) in [6.07, 6.45) is 0. The first kappa shape index (κ1) is 15.1. The standard InChI is InChI=1S/C18H20O3/c1-12-8-9-13(17(19)20)10-16(12)21-15-7-5-6-14(11-15)18(2,3)4/h5-11H,1-4H3,(H,19,20). The van der Waals surface area contributed by atoms with Gasteiger partial charge < -0.3 is 9.84 Å². The molecule has 0 spiro atoms. The molecule has 2 aromatic carbocycles. The van der Waals surface area contributed by atoms with Crippen LogP contribution in [-0.4, -0.2) is 11.1 Å². The van der Waals surface area contributed by atoms with Crippen molar-refractivity contribution in [3.63, 3.8) is 0 Å². The summed E-state index contributed by atoms with van der Waals surface area (Å²) >= 11 is 0. The molecule has 21 heavy (non-hydrogen) atoms. The Morgan fingerprint density at radius 2 is 1.81 bits per heavy atom. The summed E-state index contributed by atoms with van der Waals surface area (Å²) in [5, 5.41) is 9.06. The Hall–Kier alpha value is -2.29. The van der Waals surface area contributed by atoms with E-state index in [1.54, 1.807) is 18.2 Å². The first-order valence-electron chi connectivity index (χ1n) is 6.90. The van der Waals surface area contributed by atoms with E-state index >= 15 is 0 Å². The van der Waals surface area contributed by atoms with Gasteiger partial charge in [-0.25, -0.2) is 4.79 Å². The van der Waals surface area contributed by atoms with Gasteiger partial charge in [0.25, 0.3) is 0 Å². The van der Waals surface area contributed by atoms with Gasteiger partial charge >= 0.3 is 5.97 Å². The molecule has 0 saturated carbocycles. The highest BCUT2D eigenvalue weighted by Gasteiger charge is 2.14. The van der Waals surface area contributed by atoms with Crippen molar-refractivity contribution in [1.29, 1.82) is 0 Å². The van der Waals surface area contributed by atoms with E-state index in [1.165, 1.54) is 5.56 Å². The van der Waals surface area contributed by atoms with Gasteiger partial charge in [-0.15, -0.1) is 0 Å². The summed E-state index contributed by atoms with van der Waals surface area (Å²) < 4.78 is 5.87. The van der Waals surface area contributed by atoms with Gasteiger partial charge in [0.15, 0.2) is 0 Å². The highest BCUT2D eigenvalue weighted by atomic mass is 16.5. The third kappa shape index (κ3) is 3.63. The number of carbonyl (C=O) groups is 1. The highest BCUT2D eigenvalue weighted by molar-refractivity contribution is 5.88. The molecule has 0 saturated heterocycles. The molecule has 110 valence electrons. The number of aryl methyl sites for hydroxylation is 1. The first-order valence-corrected chi connectivity index (χ1v) is 6.90. The molecule has 0 bridgehead atoms. The van der Waals surface area contributed by atoms with Crippen molar-refractivity contribution in [3.05, 3.63) is 59.2 Å². The number of benzene rings is 2. The zero-order valence-corrected chi connectivity index (χ0v) is 12.8. The maximum absolute atomic E-state index is 11.0. The van der Waals surface area contributed by atoms with E-state index in [2.05, 4.69) is 26.8 Å². The molecule has 0 aliphatic rings. The molecular weight excluding hydrogens is 264 g/mol. The van der Waals surface area contributed by atoms with Gasteiger partial charge in [-0.05, 0) is 47.7 Å². The molecule has 2 aromatic rings. The Morgan fingerprint density at radius 3 is 2.43 bits per heavy atom. The summed E-state index contributed by atoms with van der Waals surface area (Å²) in [4.78, 5) is 11.0. The predicted molar refractivity (Wildman–Crippen MR) is 83.4 cm³/mol. The third-order valence-electron chi connectivity index (χ3n) is 3.36. The van der Waals surface area contributed by atoms with Gasteiger partial charge in [0.1, 0.15) is 11.5 Å². The molecule has 0 aliphatic carbocycles. The quantitative estimate of drug-likeness (QED) is 0.882. The minimum atomic E-state index is -0.955. The number of ether oxygens (including phenoxy) is 1. The lowest BCUT2D eigenvalue weighted by Crippen LogP contribution is -2.10. The zero-order valence-electron chi connectivity index (χ0n) is 12.8. The van der Waals surface area contributed by atoms with Crippen LogP contribution in [0.4, 0.5) is 0 Å². The van der Waals surface area contributed by atoms with E-state index in [9.17, 15) is 4.79 Å². The van der Waals surface area contributed by atoms with Gasteiger partial charge in [-0.3, -0.25) is 0 Å². The number of aromatic carboxylic acids is 1. The fraction of sp³-hybridized carbons (Fsp3) is 0.278. The second-order valence-electron chi connectivity index (χ2n) is 6.17. The molecule has 0 aliphatic heterocycles. The van der Waals surface area contributed by atoms with Crippen molar-refractivity contribution < 1.29 is 14.6 Å². The van der Waals surface area contributed by atoms with Crippen LogP contribution in [0, 0.1) is 6.92 Å². The van der Waals surface area contributed by atoms with Gasteiger partial charge in [0.05, 0.1) is 5.56 Å². The topological polar surface area (TPSA) is 46.5 Å². The van der Waals surface area contributed by atoms with Crippen LogP contribution in [0.2, 0.25) is 0 Å². The van der Waals surface area contributed by atoms with Crippen molar-refractivity contribution >= 4 is 5.97 Å². The third-order valence-corrected chi connectivity index (χ3v) is 3.36. The van der Waals surface area contributed by atoms with Crippen LogP contribution >= 0.6 is 0 Å². The maximum atomic E-state index is 11.0. The number of hydrogen-bond donors (Lipinski definition) is 1. The Labute approximate surface area is 125 Å². The summed E-state index contributed by atoms with van der Waals surface area (Å²) in [6.45, 7) is 8.32. The molecule has 3 heteroatoms. The minimum absolute atomic E-state index is 0.0390. The van der Waals surface area contributed by atoms with Crippen LogP contribution in [-0.2, 0) is 5.41 Å². The van der Waals surface area contributed by atoms with Gasteiger partial charge in [-0.1, -0.05) is 39.0 Å². The zero-order chi connectivity index (χ0) is 15.6. The van der Waals surface area contributed by atoms with Crippen LogP contribution in [0.3, 0.4) is 0 Å². The van der Waals surface area contributed by atoms with E-state index in [0.29, 0.717) is 11.5 Å². The summed E-state index contributed by atoms with van der Waals surface area (Å²) in [7, 11) is 0. The second-order valence-corrected chi connectivity index (χ2v) is 6.17. The number of carboxylic acid groups (broad SMARTS) is 1. The molecule has 0 unspecified atom stereocenters. The van der Waals surface area contributed by atoms with Crippen LogP contribution in [0.25, 0.3) is 0 Å². The Kier molecular flexibility index (Phi) is 4.03. The summed E-state index contributed by atoms with van der Waals surface area (Å²) in [5.74, 6) is 0.331. The Bertz CT molecular complexity index is 666. The molecule has 3 nitrogen and oxygen atoms in total. The number of hydrogen-bond acceptors (Lipinski definition) is 2. The Balaban J connectivity index is 2.34. The lowest BCUT2D eigenvalue weighted by Gasteiger charge is -2.20. The van der Waals surface area contributed by atoms with E-state index in [-0.39, 0.29) is 11.0 Å². The molecular formula is C18H20O3. The van der Waals surface area contributed by atoms with E-state index < -0.39 is 5.97 Å². The molecule has 1 N–H and O–H groups in total. The molecule has 0 heterocycles. The lowest BCUT2D eigenvalue weighted by atomic mass is 9.87. The van der Waals surface area contributed by atoms with Crippen molar-refractivity contribution in [2.75, 3.05) is 0 Å². The lowest BCUT2D eigenvalue weighted by molar-refractivity contribution is 0.0696. The van der Waals surface area contributed by atoms with Gasteiger partial charge in [-0.2, -0.15) is 0 Å². The molecule has 0 atom stereocenters. The molecule has 0 fully saturated rings. The largest absolute Gasteiger partial charge is 0.478 e. The monoisotopic (exact) mass is 284 g/mol. The molecule has 0 aromatic heterocycles. The minimum Gasteiger partial charge on any atom is -0.478 e. The average Bonchev–Trinajstić information content (AvgIpc) is 2.40. The molecule has 0 radical (unpaired) electrons. The fourth-order valence-electron chi connectivity index (χ4n) is 2.00. The van der Waals surface area contributed by atoms with Crippen molar-refractivity contribution in [2.24, 2.45) is 0 Å². The smallest absolute Gasteiger partial charge is 0.335 e. The van der Waals surface area contributed by atoms with Gasteiger partial charge in [0, 0.05) is 0 Å².